The highest BCUT2D eigenvalue weighted by Crippen LogP contribution is 2.03. The lowest BCUT2D eigenvalue weighted by Crippen LogP contribution is -2.18. The average molecular weight is 265 g/mol. The number of hydrogen-bond donors (Lipinski definition) is 1. The van der Waals surface area contributed by atoms with E-state index in [4.69, 9.17) is 0 Å². The molecule has 1 N–H and O–H groups in total. The molecule has 0 unspecified atom stereocenters. The van der Waals surface area contributed by atoms with Crippen LogP contribution in [0.5, 0.6) is 0 Å². The van der Waals surface area contributed by atoms with Gasteiger partial charge in [-0.15, -0.1) is 0 Å². The van der Waals surface area contributed by atoms with Gasteiger partial charge in [0, 0.05) is 12.1 Å². The van der Waals surface area contributed by atoms with E-state index in [2.05, 4.69) is 10.1 Å². The van der Waals surface area contributed by atoms with Gasteiger partial charge in [-0.1, -0.05) is 25.1 Å². The molecule has 0 aliphatic carbocycles. The van der Waals surface area contributed by atoms with E-state index in [1.807, 2.05) is 13.0 Å². The third-order valence-electron chi connectivity index (χ3n) is 2.82. The number of ether oxygens (including phenoxy) is 1. The molecule has 0 atom stereocenters. The molecule has 0 fully saturated rings. The van der Waals surface area contributed by atoms with Crippen LogP contribution in [0.1, 0.15) is 18.9 Å². The Hall–Kier alpha value is -1.68. The monoisotopic (exact) mass is 265 g/mol. The highest BCUT2D eigenvalue weighted by molar-refractivity contribution is 5.88. The van der Waals surface area contributed by atoms with E-state index in [0.29, 0.717) is 18.5 Å². The van der Waals surface area contributed by atoms with E-state index in [9.17, 15) is 9.18 Å². The van der Waals surface area contributed by atoms with Crippen molar-refractivity contribution < 1.29 is 13.9 Å². The molecule has 104 valence electrons. The number of rotatable bonds is 7. The smallest absolute Gasteiger partial charge is 0.333 e. The lowest BCUT2D eigenvalue weighted by Gasteiger charge is -2.04. The molecule has 3 nitrogen and oxygen atoms in total. The summed E-state index contributed by atoms with van der Waals surface area (Å²) in [5.41, 5.74) is 1.76. The van der Waals surface area contributed by atoms with E-state index in [-0.39, 0.29) is 11.8 Å². The molecule has 4 heteroatoms. The summed E-state index contributed by atoms with van der Waals surface area (Å²) in [6.07, 6.45) is 3.33. The SMILES string of the molecule is CC/C(=C/CNCCc1ccc(F)cc1)C(=O)OC. The molecular formula is C15H20FNO2. The molecule has 1 aromatic rings. The number of nitrogens with one attached hydrogen (secondary N) is 1. The van der Waals surface area contributed by atoms with Crippen molar-refractivity contribution >= 4 is 5.97 Å². The molecule has 0 aliphatic heterocycles. The third-order valence-corrected chi connectivity index (χ3v) is 2.82. The third kappa shape index (κ3) is 5.66. The molecule has 0 saturated carbocycles. The van der Waals surface area contributed by atoms with Gasteiger partial charge in [-0.25, -0.2) is 9.18 Å². The maximum absolute atomic E-state index is 12.7. The molecule has 0 bridgehead atoms. The van der Waals surface area contributed by atoms with Crippen LogP contribution >= 0.6 is 0 Å². The molecule has 0 spiro atoms. The van der Waals surface area contributed by atoms with E-state index in [1.54, 1.807) is 12.1 Å². The lowest BCUT2D eigenvalue weighted by atomic mass is 10.1. The Morgan fingerprint density at radius 3 is 2.63 bits per heavy atom. The summed E-state index contributed by atoms with van der Waals surface area (Å²) in [6.45, 7) is 3.32. The molecule has 1 rings (SSSR count). The van der Waals surface area contributed by atoms with Crippen LogP contribution < -0.4 is 5.32 Å². The molecule has 0 radical (unpaired) electrons. The maximum atomic E-state index is 12.7. The first-order valence-electron chi connectivity index (χ1n) is 6.40. The lowest BCUT2D eigenvalue weighted by molar-refractivity contribution is -0.136. The summed E-state index contributed by atoms with van der Waals surface area (Å²) in [5, 5.41) is 3.21. The van der Waals surface area contributed by atoms with Crippen LogP contribution in [0.15, 0.2) is 35.9 Å². The molecule has 1 aromatic carbocycles. The molecule has 0 aliphatic rings. The second-order valence-electron chi connectivity index (χ2n) is 4.16. The van der Waals surface area contributed by atoms with Gasteiger partial charge in [0.15, 0.2) is 0 Å². The van der Waals surface area contributed by atoms with Crippen LogP contribution in [-0.4, -0.2) is 26.2 Å². The molecule has 19 heavy (non-hydrogen) atoms. The fourth-order valence-electron chi connectivity index (χ4n) is 1.68. The van der Waals surface area contributed by atoms with Gasteiger partial charge in [0.25, 0.3) is 0 Å². The maximum Gasteiger partial charge on any atom is 0.333 e. The largest absolute Gasteiger partial charge is 0.466 e. The van der Waals surface area contributed by atoms with Crippen molar-refractivity contribution in [3.8, 4) is 0 Å². The second-order valence-corrected chi connectivity index (χ2v) is 4.16. The minimum absolute atomic E-state index is 0.217. The summed E-state index contributed by atoms with van der Waals surface area (Å²) in [7, 11) is 1.38. The van der Waals surface area contributed by atoms with Gasteiger partial charge in [0.05, 0.1) is 7.11 Å². The standard InChI is InChI=1S/C15H20FNO2/c1-3-13(15(18)19-2)9-11-17-10-8-12-4-6-14(16)7-5-12/h4-7,9,17H,3,8,10-11H2,1-2H3/b13-9-. The van der Waals surface area contributed by atoms with Crippen molar-refractivity contribution in [2.45, 2.75) is 19.8 Å². The normalized spacial score (nSPS) is 11.4. The first kappa shape index (κ1) is 15.4. The molecule has 0 heterocycles. The Labute approximate surface area is 113 Å². The summed E-state index contributed by atoms with van der Waals surface area (Å²) in [6, 6.07) is 6.47. The Morgan fingerprint density at radius 2 is 2.05 bits per heavy atom. The number of hydrogen-bond acceptors (Lipinski definition) is 3. The Morgan fingerprint density at radius 1 is 1.37 bits per heavy atom. The fraction of sp³-hybridized carbons (Fsp3) is 0.400. The molecule has 0 aromatic heterocycles. The van der Waals surface area contributed by atoms with Crippen molar-refractivity contribution in [1.29, 1.82) is 0 Å². The highest BCUT2D eigenvalue weighted by Gasteiger charge is 2.05. The zero-order valence-corrected chi connectivity index (χ0v) is 11.4. The summed E-state index contributed by atoms with van der Waals surface area (Å²) >= 11 is 0. The van der Waals surface area contributed by atoms with Crippen molar-refractivity contribution in [2.24, 2.45) is 0 Å². The van der Waals surface area contributed by atoms with Gasteiger partial charge in [-0.2, -0.15) is 0 Å². The summed E-state index contributed by atoms with van der Waals surface area (Å²) < 4.78 is 17.4. The summed E-state index contributed by atoms with van der Waals surface area (Å²) in [4.78, 5) is 11.3. The van der Waals surface area contributed by atoms with E-state index < -0.39 is 0 Å². The van der Waals surface area contributed by atoms with Crippen LogP contribution in [0.2, 0.25) is 0 Å². The van der Waals surface area contributed by atoms with Crippen molar-refractivity contribution in [3.05, 3.63) is 47.3 Å². The first-order chi connectivity index (χ1) is 9.17. The Bertz CT molecular complexity index is 426. The minimum atomic E-state index is -0.275. The molecular weight excluding hydrogens is 245 g/mol. The zero-order chi connectivity index (χ0) is 14.1. The number of halogens is 1. The topological polar surface area (TPSA) is 38.3 Å². The van der Waals surface area contributed by atoms with E-state index in [0.717, 1.165) is 18.5 Å². The van der Waals surface area contributed by atoms with Gasteiger partial charge in [-0.05, 0) is 37.1 Å². The van der Waals surface area contributed by atoms with Gasteiger partial charge < -0.3 is 10.1 Å². The quantitative estimate of drug-likeness (QED) is 0.467. The van der Waals surface area contributed by atoms with E-state index in [1.165, 1.54) is 19.2 Å². The van der Waals surface area contributed by atoms with Crippen molar-refractivity contribution in [2.75, 3.05) is 20.2 Å². The average Bonchev–Trinajstić information content (AvgIpc) is 2.44. The van der Waals surface area contributed by atoms with Gasteiger partial charge in [-0.3, -0.25) is 0 Å². The zero-order valence-electron chi connectivity index (χ0n) is 11.4. The van der Waals surface area contributed by atoms with Crippen LogP contribution in [0.3, 0.4) is 0 Å². The van der Waals surface area contributed by atoms with Gasteiger partial charge >= 0.3 is 5.97 Å². The number of esters is 1. The van der Waals surface area contributed by atoms with Crippen molar-refractivity contribution in [1.82, 2.24) is 5.32 Å². The second kappa shape index (κ2) is 8.43. The van der Waals surface area contributed by atoms with Gasteiger partial charge in [0.1, 0.15) is 5.82 Å². The predicted molar refractivity (Wildman–Crippen MR) is 73.4 cm³/mol. The van der Waals surface area contributed by atoms with Crippen LogP contribution in [0.25, 0.3) is 0 Å². The fourth-order valence-corrected chi connectivity index (χ4v) is 1.68. The number of methoxy groups -OCH3 is 1. The molecule has 0 amide bonds. The van der Waals surface area contributed by atoms with Crippen LogP contribution in [0.4, 0.5) is 4.39 Å². The van der Waals surface area contributed by atoms with Crippen LogP contribution in [0, 0.1) is 5.82 Å². The molecule has 0 saturated heterocycles. The highest BCUT2D eigenvalue weighted by atomic mass is 19.1. The minimum Gasteiger partial charge on any atom is -0.466 e. The number of carbonyl (C=O) groups is 1. The number of benzene rings is 1. The van der Waals surface area contributed by atoms with Crippen LogP contribution in [-0.2, 0) is 16.0 Å². The summed E-state index contributed by atoms with van der Waals surface area (Å²) in [5.74, 6) is -0.492. The van der Waals surface area contributed by atoms with E-state index >= 15 is 0 Å². The Kier molecular flexibility index (Phi) is 6.82. The van der Waals surface area contributed by atoms with Crippen molar-refractivity contribution in [3.63, 3.8) is 0 Å². The number of carbonyl (C=O) groups excluding carboxylic acids is 1. The predicted octanol–water partition coefficient (Wildman–Crippen LogP) is 2.47. The first-order valence-corrected chi connectivity index (χ1v) is 6.40. The Balaban J connectivity index is 2.29. The van der Waals surface area contributed by atoms with Gasteiger partial charge in [0.2, 0.25) is 0 Å².